The Bertz CT molecular complexity index is 630. The van der Waals surface area contributed by atoms with Gasteiger partial charge in [-0.15, -0.1) is 0 Å². The van der Waals surface area contributed by atoms with Gasteiger partial charge in [0.15, 0.2) is 0 Å². The molecule has 0 fully saturated rings. The van der Waals surface area contributed by atoms with E-state index in [-0.39, 0.29) is 36.3 Å². The van der Waals surface area contributed by atoms with E-state index in [1.807, 2.05) is 6.92 Å². The van der Waals surface area contributed by atoms with Gasteiger partial charge in [0, 0.05) is 17.2 Å². The molecule has 0 unspecified atom stereocenters. The molecular formula is C21H32O9. The van der Waals surface area contributed by atoms with Gasteiger partial charge in [-0.3, -0.25) is 0 Å². The van der Waals surface area contributed by atoms with Crippen molar-refractivity contribution >= 4 is 23.9 Å². The third-order valence-electron chi connectivity index (χ3n) is 2.76. The van der Waals surface area contributed by atoms with Crippen LogP contribution in [0.2, 0.25) is 0 Å². The molecule has 0 saturated carbocycles. The molecule has 0 aliphatic heterocycles. The lowest BCUT2D eigenvalue weighted by Gasteiger charge is -2.02. The van der Waals surface area contributed by atoms with Crippen molar-refractivity contribution in [2.45, 2.75) is 33.6 Å². The molecule has 0 aromatic rings. The molecule has 0 aromatic carbocycles. The van der Waals surface area contributed by atoms with E-state index in [9.17, 15) is 19.2 Å². The Balaban J connectivity index is -0.000000393. The first kappa shape index (κ1) is 31.5. The zero-order valence-corrected chi connectivity index (χ0v) is 18.1. The quantitative estimate of drug-likeness (QED) is 0.177. The lowest BCUT2D eigenvalue weighted by atomic mass is 10.2. The van der Waals surface area contributed by atoms with E-state index in [1.54, 1.807) is 6.92 Å². The maximum Gasteiger partial charge on any atom is 0.337 e. The van der Waals surface area contributed by atoms with Crippen LogP contribution in [0.15, 0.2) is 48.6 Å². The molecule has 0 bridgehead atoms. The number of hydrogen-bond acceptors (Lipinski definition) is 8. The summed E-state index contributed by atoms with van der Waals surface area (Å²) in [6, 6.07) is 0. The number of unbranched alkanes of at least 4 members (excludes halogenated alkanes) is 1. The van der Waals surface area contributed by atoms with Crippen LogP contribution in [0.1, 0.15) is 33.6 Å². The van der Waals surface area contributed by atoms with Crippen molar-refractivity contribution in [3.8, 4) is 0 Å². The first-order chi connectivity index (χ1) is 14.0. The molecule has 0 saturated heterocycles. The molecule has 9 heteroatoms. The van der Waals surface area contributed by atoms with E-state index in [0.29, 0.717) is 12.2 Å². The van der Waals surface area contributed by atoms with Crippen LogP contribution in [0.25, 0.3) is 0 Å². The summed E-state index contributed by atoms with van der Waals surface area (Å²) in [5, 5.41) is 16.8. The van der Waals surface area contributed by atoms with Crippen molar-refractivity contribution in [2.75, 3.05) is 26.9 Å². The summed E-state index contributed by atoms with van der Waals surface area (Å²) < 4.78 is 13.5. The molecule has 2 N–H and O–H groups in total. The van der Waals surface area contributed by atoms with Crippen LogP contribution in [-0.2, 0) is 33.4 Å². The van der Waals surface area contributed by atoms with Crippen LogP contribution in [0.3, 0.4) is 0 Å². The number of aliphatic carboxylic acids is 1. The highest BCUT2D eigenvalue weighted by molar-refractivity contribution is 5.94. The molecule has 0 aromatic heterocycles. The maximum absolute atomic E-state index is 11.0. The fraction of sp³-hybridized carbons (Fsp3) is 0.429. The summed E-state index contributed by atoms with van der Waals surface area (Å²) >= 11 is 0. The minimum absolute atomic E-state index is 0.00375. The second-order valence-electron chi connectivity index (χ2n) is 5.51. The minimum Gasteiger partial charge on any atom is -0.478 e. The van der Waals surface area contributed by atoms with Crippen molar-refractivity contribution < 1.29 is 43.6 Å². The number of carbonyl (C=O) groups is 4. The summed E-state index contributed by atoms with van der Waals surface area (Å²) in [6.45, 7) is 15.0. The van der Waals surface area contributed by atoms with Gasteiger partial charge in [0.05, 0.1) is 25.9 Å². The number of hydrogen-bond donors (Lipinski definition) is 2. The van der Waals surface area contributed by atoms with Crippen LogP contribution < -0.4 is 0 Å². The summed E-state index contributed by atoms with van der Waals surface area (Å²) in [4.78, 5) is 41.9. The Labute approximate surface area is 177 Å². The van der Waals surface area contributed by atoms with Gasteiger partial charge in [-0.2, -0.15) is 0 Å². The second kappa shape index (κ2) is 20.5. The van der Waals surface area contributed by atoms with E-state index in [1.165, 1.54) is 20.1 Å². The zero-order chi connectivity index (χ0) is 24.1. The number of methoxy groups -OCH3 is 1. The highest BCUT2D eigenvalue weighted by Gasteiger charge is 2.08. The number of aliphatic hydroxyl groups is 1. The van der Waals surface area contributed by atoms with Gasteiger partial charge in [-0.05, 0) is 26.3 Å². The van der Waals surface area contributed by atoms with Gasteiger partial charge in [-0.25, -0.2) is 19.2 Å². The van der Waals surface area contributed by atoms with Crippen LogP contribution >= 0.6 is 0 Å². The average molecular weight is 428 g/mol. The molecule has 30 heavy (non-hydrogen) atoms. The smallest absolute Gasteiger partial charge is 0.337 e. The fourth-order valence-electron chi connectivity index (χ4n) is 1.16. The molecule has 170 valence electrons. The Hall–Kier alpha value is -3.20. The highest BCUT2D eigenvalue weighted by Crippen LogP contribution is 2.02. The van der Waals surface area contributed by atoms with Crippen molar-refractivity contribution in [2.24, 2.45) is 0 Å². The van der Waals surface area contributed by atoms with Gasteiger partial charge < -0.3 is 24.4 Å². The van der Waals surface area contributed by atoms with Crippen molar-refractivity contribution in [3.63, 3.8) is 0 Å². The molecular weight excluding hydrogens is 396 g/mol. The van der Waals surface area contributed by atoms with Gasteiger partial charge in [0.2, 0.25) is 0 Å². The largest absolute Gasteiger partial charge is 0.478 e. The van der Waals surface area contributed by atoms with Crippen molar-refractivity contribution in [1.29, 1.82) is 0 Å². The fourth-order valence-corrected chi connectivity index (χ4v) is 1.16. The summed E-state index contributed by atoms with van der Waals surface area (Å²) in [6.07, 6.45) is 4.27. The molecule has 0 rings (SSSR count). The third-order valence-corrected chi connectivity index (χ3v) is 2.76. The lowest BCUT2D eigenvalue weighted by Crippen LogP contribution is -2.10. The number of carboxylic acids is 1. The summed E-state index contributed by atoms with van der Waals surface area (Å²) in [5.41, 5.74) is 0.372. The van der Waals surface area contributed by atoms with Crippen LogP contribution in [0, 0.1) is 0 Å². The second-order valence-corrected chi connectivity index (χ2v) is 5.51. The van der Waals surface area contributed by atoms with Crippen LogP contribution in [0.4, 0.5) is 0 Å². The Morgan fingerprint density at radius 1 is 1.00 bits per heavy atom. The number of ether oxygens (including phenoxy) is 3. The van der Waals surface area contributed by atoms with E-state index in [2.05, 4.69) is 33.9 Å². The average Bonchev–Trinajstić information content (AvgIpc) is 2.71. The third kappa shape index (κ3) is 21.1. The topological polar surface area (TPSA) is 136 Å². The van der Waals surface area contributed by atoms with Gasteiger partial charge >= 0.3 is 23.9 Å². The standard InChI is InChI=1S/C9H12O5.C7H12O2.C5H8O2/c1-6(8(11)12)5-7(2)9(13)14-4-3-10;1-3-5-6-9-7(8)4-2;1-4(2)5(6)7-3/h5,10H,2-4H2,1H3,(H,11,12);4H,2-3,5-6H2,1H3;1H2,2-3H3. The summed E-state index contributed by atoms with van der Waals surface area (Å²) in [5.74, 6) is -2.54. The van der Waals surface area contributed by atoms with Crippen LogP contribution in [-0.4, -0.2) is 61.0 Å². The number of carbonyl (C=O) groups excluding carboxylic acids is 3. The monoisotopic (exact) mass is 428 g/mol. The van der Waals surface area contributed by atoms with Crippen molar-refractivity contribution in [1.82, 2.24) is 0 Å². The minimum atomic E-state index is -1.12. The predicted octanol–water partition coefficient (Wildman–Crippen LogP) is 2.36. The molecule has 0 aliphatic carbocycles. The number of carboxylic acid groups (broad SMARTS) is 1. The molecule has 9 nitrogen and oxygen atoms in total. The molecule has 0 radical (unpaired) electrons. The molecule has 0 aliphatic rings. The number of esters is 3. The van der Waals surface area contributed by atoms with Gasteiger partial charge in [0.1, 0.15) is 6.61 Å². The van der Waals surface area contributed by atoms with E-state index < -0.39 is 11.9 Å². The summed E-state index contributed by atoms with van der Waals surface area (Å²) in [7, 11) is 1.33. The zero-order valence-electron chi connectivity index (χ0n) is 18.1. The number of aliphatic hydroxyl groups excluding tert-OH is 1. The highest BCUT2D eigenvalue weighted by atomic mass is 16.5. The predicted molar refractivity (Wildman–Crippen MR) is 111 cm³/mol. The number of rotatable bonds is 10. The lowest BCUT2D eigenvalue weighted by molar-refractivity contribution is -0.140. The Morgan fingerprint density at radius 2 is 1.57 bits per heavy atom. The van der Waals surface area contributed by atoms with E-state index >= 15 is 0 Å². The molecule has 0 spiro atoms. The first-order valence-corrected chi connectivity index (χ1v) is 8.89. The first-order valence-electron chi connectivity index (χ1n) is 8.89. The SMILES string of the molecule is C=C(C)C(=O)OC.C=C(C=C(C)C(=O)O)C(=O)OCCO.C=CC(=O)OCCCC. The molecule has 0 atom stereocenters. The Morgan fingerprint density at radius 3 is 1.90 bits per heavy atom. The van der Waals surface area contributed by atoms with Gasteiger partial charge in [-0.1, -0.05) is 33.1 Å². The molecule has 0 amide bonds. The van der Waals surface area contributed by atoms with Crippen molar-refractivity contribution in [3.05, 3.63) is 48.6 Å². The van der Waals surface area contributed by atoms with Crippen LogP contribution in [0.5, 0.6) is 0 Å². The maximum atomic E-state index is 11.0. The normalized spacial score (nSPS) is 9.43. The van der Waals surface area contributed by atoms with Gasteiger partial charge in [0.25, 0.3) is 0 Å². The van der Waals surface area contributed by atoms with E-state index in [4.69, 9.17) is 10.2 Å². The van der Waals surface area contributed by atoms with E-state index in [0.717, 1.165) is 18.9 Å². The Kier molecular flexibility index (Phi) is 21.6. The molecule has 0 heterocycles.